The Kier molecular flexibility index (Phi) is 3.73. The molecule has 21 heavy (non-hydrogen) atoms. The highest BCUT2D eigenvalue weighted by Gasteiger charge is 2.20. The van der Waals surface area contributed by atoms with Crippen LogP contribution in [0.3, 0.4) is 0 Å². The highest BCUT2D eigenvalue weighted by molar-refractivity contribution is 5.87. The second kappa shape index (κ2) is 5.68. The second-order valence-electron chi connectivity index (χ2n) is 5.45. The Morgan fingerprint density at radius 2 is 1.71 bits per heavy atom. The molecule has 0 atom stereocenters. The van der Waals surface area contributed by atoms with E-state index in [1.807, 2.05) is 6.07 Å². The number of nitrogens with zero attached hydrogens (tertiary/aromatic N) is 1. The molecule has 1 aliphatic rings. The molecule has 0 aliphatic carbocycles. The average molecular weight is 282 g/mol. The second-order valence-corrected chi connectivity index (χ2v) is 5.45. The van der Waals surface area contributed by atoms with Crippen molar-refractivity contribution in [1.29, 1.82) is 0 Å². The van der Waals surface area contributed by atoms with Gasteiger partial charge in [0.2, 0.25) is 0 Å². The van der Waals surface area contributed by atoms with E-state index < -0.39 is 5.97 Å². The van der Waals surface area contributed by atoms with Crippen molar-refractivity contribution >= 4 is 5.97 Å². The van der Waals surface area contributed by atoms with Crippen LogP contribution in [0.5, 0.6) is 0 Å². The van der Waals surface area contributed by atoms with E-state index in [9.17, 15) is 4.79 Å². The number of fused-ring (bicyclic) bond motifs is 1. The Morgan fingerprint density at radius 1 is 1.05 bits per heavy atom. The molecule has 3 rings (SSSR count). The summed E-state index contributed by atoms with van der Waals surface area (Å²) in [4.78, 5) is 13.3. The SMILES string of the molecule is NCc1ccc(CN2Cc3ccc(C(=O)O)cc3C2)cc1. The van der Waals surface area contributed by atoms with Gasteiger partial charge in [0.1, 0.15) is 0 Å². The molecular weight excluding hydrogens is 264 g/mol. The zero-order chi connectivity index (χ0) is 14.8. The van der Waals surface area contributed by atoms with Crippen LogP contribution in [-0.2, 0) is 26.2 Å². The van der Waals surface area contributed by atoms with Gasteiger partial charge in [-0.25, -0.2) is 4.79 Å². The molecule has 0 fully saturated rings. The monoisotopic (exact) mass is 282 g/mol. The third kappa shape index (κ3) is 2.96. The number of nitrogens with two attached hydrogens (primary N) is 1. The number of hydrogen-bond donors (Lipinski definition) is 2. The molecule has 0 radical (unpaired) electrons. The van der Waals surface area contributed by atoms with E-state index in [0.29, 0.717) is 12.1 Å². The molecule has 1 heterocycles. The molecule has 0 saturated heterocycles. The first kappa shape index (κ1) is 13.8. The standard InChI is InChI=1S/C17H18N2O2/c18-8-12-1-3-13(4-2-12)9-19-10-15-6-5-14(17(20)21)7-16(15)11-19/h1-7H,8-11,18H2,(H,20,21). The number of hydrogen-bond acceptors (Lipinski definition) is 3. The molecule has 4 nitrogen and oxygen atoms in total. The van der Waals surface area contributed by atoms with Crippen LogP contribution in [-0.4, -0.2) is 16.0 Å². The van der Waals surface area contributed by atoms with Gasteiger partial charge < -0.3 is 10.8 Å². The first-order chi connectivity index (χ1) is 10.2. The smallest absolute Gasteiger partial charge is 0.335 e. The first-order valence-electron chi connectivity index (χ1n) is 7.01. The molecule has 0 saturated carbocycles. The van der Waals surface area contributed by atoms with Crippen LogP contribution in [0.2, 0.25) is 0 Å². The third-order valence-corrected chi connectivity index (χ3v) is 3.91. The summed E-state index contributed by atoms with van der Waals surface area (Å²) in [7, 11) is 0. The average Bonchev–Trinajstić information content (AvgIpc) is 2.89. The van der Waals surface area contributed by atoms with Gasteiger partial charge in [-0.2, -0.15) is 0 Å². The van der Waals surface area contributed by atoms with Crippen molar-refractivity contribution in [2.45, 2.75) is 26.2 Å². The predicted octanol–water partition coefficient (Wildman–Crippen LogP) is 2.36. The zero-order valence-electron chi connectivity index (χ0n) is 11.7. The fourth-order valence-electron chi connectivity index (χ4n) is 2.75. The van der Waals surface area contributed by atoms with Crippen molar-refractivity contribution < 1.29 is 9.90 Å². The minimum absolute atomic E-state index is 0.364. The van der Waals surface area contributed by atoms with E-state index in [1.54, 1.807) is 12.1 Å². The molecule has 0 spiro atoms. The Hall–Kier alpha value is -2.17. The highest BCUT2D eigenvalue weighted by atomic mass is 16.4. The summed E-state index contributed by atoms with van der Waals surface area (Å²) in [5, 5.41) is 9.04. The molecular formula is C17H18N2O2. The minimum Gasteiger partial charge on any atom is -0.478 e. The van der Waals surface area contributed by atoms with Crippen LogP contribution in [0, 0.1) is 0 Å². The Balaban J connectivity index is 1.70. The molecule has 0 bridgehead atoms. The number of carbonyl (C=O) groups is 1. The minimum atomic E-state index is -0.867. The van der Waals surface area contributed by atoms with Crippen LogP contribution >= 0.6 is 0 Å². The van der Waals surface area contributed by atoms with Gasteiger partial charge in [0.05, 0.1) is 5.56 Å². The summed E-state index contributed by atoms with van der Waals surface area (Å²) < 4.78 is 0. The van der Waals surface area contributed by atoms with Crippen LogP contribution < -0.4 is 5.73 Å². The van der Waals surface area contributed by atoms with Crippen molar-refractivity contribution in [3.8, 4) is 0 Å². The van der Waals surface area contributed by atoms with E-state index in [1.165, 1.54) is 11.1 Å². The highest BCUT2D eigenvalue weighted by Crippen LogP contribution is 2.25. The van der Waals surface area contributed by atoms with Crippen LogP contribution in [0.4, 0.5) is 0 Å². The third-order valence-electron chi connectivity index (χ3n) is 3.91. The largest absolute Gasteiger partial charge is 0.478 e. The maximum Gasteiger partial charge on any atom is 0.335 e. The van der Waals surface area contributed by atoms with Gasteiger partial charge in [0.15, 0.2) is 0 Å². The summed E-state index contributed by atoms with van der Waals surface area (Å²) in [6, 6.07) is 13.7. The maximum atomic E-state index is 11.0. The van der Waals surface area contributed by atoms with Gasteiger partial charge in [0, 0.05) is 26.2 Å². The molecule has 3 N–H and O–H groups in total. The lowest BCUT2D eigenvalue weighted by Crippen LogP contribution is -2.15. The summed E-state index contributed by atoms with van der Waals surface area (Å²) in [5.41, 5.74) is 10.7. The van der Waals surface area contributed by atoms with E-state index in [0.717, 1.165) is 30.8 Å². The lowest BCUT2D eigenvalue weighted by atomic mass is 10.1. The lowest BCUT2D eigenvalue weighted by molar-refractivity contribution is 0.0696. The van der Waals surface area contributed by atoms with Crippen LogP contribution in [0.1, 0.15) is 32.6 Å². The van der Waals surface area contributed by atoms with Crippen molar-refractivity contribution in [2.75, 3.05) is 0 Å². The lowest BCUT2D eigenvalue weighted by Gasteiger charge is -2.14. The Morgan fingerprint density at radius 3 is 2.38 bits per heavy atom. The number of benzene rings is 2. The molecule has 2 aromatic carbocycles. The molecule has 1 aliphatic heterocycles. The number of rotatable bonds is 4. The van der Waals surface area contributed by atoms with E-state index in [-0.39, 0.29) is 0 Å². The van der Waals surface area contributed by atoms with Gasteiger partial charge in [-0.05, 0) is 34.4 Å². The molecule has 2 aromatic rings. The van der Waals surface area contributed by atoms with Gasteiger partial charge in [-0.1, -0.05) is 30.3 Å². The summed E-state index contributed by atoms with van der Waals surface area (Å²) in [5.74, 6) is -0.867. The topological polar surface area (TPSA) is 66.6 Å². The van der Waals surface area contributed by atoms with Crippen molar-refractivity contribution in [1.82, 2.24) is 4.90 Å². The predicted molar refractivity (Wildman–Crippen MR) is 80.7 cm³/mol. The normalized spacial score (nSPS) is 14.1. The summed E-state index contributed by atoms with van der Waals surface area (Å²) >= 11 is 0. The van der Waals surface area contributed by atoms with Gasteiger partial charge >= 0.3 is 5.97 Å². The van der Waals surface area contributed by atoms with E-state index in [2.05, 4.69) is 29.2 Å². The zero-order valence-corrected chi connectivity index (χ0v) is 11.7. The first-order valence-corrected chi connectivity index (χ1v) is 7.01. The molecule has 108 valence electrons. The van der Waals surface area contributed by atoms with Crippen molar-refractivity contribution in [3.63, 3.8) is 0 Å². The van der Waals surface area contributed by atoms with Crippen molar-refractivity contribution in [3.05, 3.63) is 70.3 Å². The fraction of sp³-hybridized carbons (Fsp3) is 0.235. The number of carboxylic acids is 1. The van der Waals surface area contributed by atoms with Crippen LogP contribution in [0.15, 0.2) is 42.5 Å². The number of carboxylic acid groups (broad SMARTS) is 1. The van der Waals surface area contributed by atoms with Gasteiger partial charge in [-0.3, -0.25) is 4.90 Å². The Labute approximate surface area is 123 Å². The van der Waals surface area contributed by atoms with Crippen molar-refractivity contribution in [2.24, 2.45) is 5.73 Å². The molecule has 4 heteroatoms. The molecule has 0 unspecified atom stereocenters. The van der Waals surface area contributed by atoms with Gasteiger partial charge in [-0.15, -0.1) is 0 Å². The van der Waals surface area contributed by atoms with Gasteiger partial charge in [0.25, 0.3) is 0 Å². The maximum absolute atomic E-state index is 11.0. The van der Waals surface area contributed by atoms with E-state index in [4.69, 9.17) is 10.8 Å². The molecule has 0 amide bonds. The number of aromatic carboxylic acids is 1. The molecule has 0 aromatic heterocycles. The fourth-order valence-corrected chi connectivity index (χ4v) is 2.75. The quantitative estimate of drug-likeness (QED) is 0.903. The summed E-state index contributed by atoms with van der Waals surface area (Å²) in [6.07, 6.45) is 0. The summed E-state index contributed by atoms with van der Waals surface area (Å²) in [6.45, 7) is 3.10. The van der Waals surface area contributed by atoms with Crippen LogP contribution in [0.25, 0.3) is 0 Å². The van der Waals surface area contributed by atoms with E-state index >= 15 is 0 Å². The Bertz CT molecular complexity index is 665.